The van der Waals surface area contributed by atoms with Crippen LogP contribution in [0.15, 0.2) is 0 Å². The first-order valence-electron chi connectivity index (χ1n) is 0. The van der Waals surface area contributed by atoms with Crippen molar-refractivity contribution in [3.8, 4) is 0 Å². The van der Waals surface area contributed by atoms with E-state index in [-0.39, 0.29) is 46.7 Å². The molecule has 0 spiro atoms. The largest absolute Gasteiger partial charge is 2.00 e. The minimum atomic E-state index is 0. The fourth-order valence-corrected chi connectivity index (χ4v) is 0. The van der Waals surface area contributed by atoms with E-state index < -0.39 is 0 Å². The van der Waals surface area contributed by atoms with Crippen LogP contribution in [0.3, 0.4) is 0 Å². The molecule has 0 saturated heterocycles. The van der Waals surface area contributed by atoms with Gasteiger partial charge in [0.25, 0.3) is 0 Å². The first kappa shape index (κ1) is 180. The summed E-state index contributed by atoms with van der Waals surface area (Å²) in [6.45, 7) is 0. The maximum Gasteiger partial charge on any atom is 2.00 e. The SMILES string of the molecule is O.P.[CH3-].[CH3-].[Ni+2]. The van der Waals surface area contributed by atoms with E-state index in [0.717, 1.165) is 0 Å². The van der Waals surface area contributed by atoms with Gasteiger partial charge in [0.15, 0.2) is 0 Å². The quantitative estimate of drug-likeness (QED) is 0.261. The summed E-state index contributed by atoms with van der Waals surface area (Å²) < 4.78 is 0. The third-order valence-electron chi connectivity index (χ3n) is 0. The molecule has 0 aromatic heterocycles. The Morgan fingerprint density at radius 1 is 0.800 bits per heavy atom. The molecular formula is C2H11NiOP. The van der Waals surface area contributed by atoms with E-state index in [0.29, 0.717) is 0 Å². The van der Waals surface area contributed by atoms with Crippen LogP contribution in [0.5, 0.6) is 0 Å². The van der Waals surface area contributed by atoms with Gasteiger partial charge in [-0.3, -0.25) is 0 Å². The van der Waals surface area contributed by atoms with Crippen LogP contribution in [0, 0.1) is 14.9 Å². The molecule has 0 aromatic rings. The van der Waals surface area contributed by atoms with E-state index in [9.17, 15) is 0 Å². The standard InChI is InChI=1S/2CH3.Ni.H2O.H3P/h2*1H3;;1H2;1H3/q2*-1;+2;;. The Morgan fingerprint density at radius 3 is 0.800 bits per heavy atom. The van der Waals surface area contributed by atoms with Crippen molar-refractivity contribution in [2.45, 2.75) is 0 Å². The summed E-state index contributed by atoms with van der Waals surface area (Å²) >= 11 is 0. The van der Waals surface area contributed by atoms with E-state index >= 15 is 0 Å². The molecule has 3 heteroatoms. The molecule has 0 aliphatic carbocycles. The molecule has 0 saturated carbocycles. The average Bonchev–Trinajstić information content (AvgIpc) is 0. The van der Waals surface area contributed by atoms with Crippen molar-refractivity contribution in [2.24, 2.45) is 0 Å². The Balaban J connectivity index is 0. The summed E-state index contributed by atoms with van der Waals surface area (Å²) in [4.78, 5) is 0. The van der Waals surface area contributed by atoms with Crippen LogP contribution in [0.2, 0.25) is 0 Å². The second kappa shape index (κ2) is 94.4. The molecule has 0 heterocycles. The van der Waals surface area contributed by atoms with Gasteiger partial charge in [-0.2, -0.15) is 9.90 Å². The van der Waals surface area contributed by atoms with Crippen LogP contribution in [0.25, 0.3) is 0 Å². The smallest absolute Gasteiger partial charge is 0.412 e. The van der Waals surface area contributed by atoms with E-state index in [2.05, 4.69) is 0 Å². The van der Waals surface area contributed by atoms with Gasteiger partial charge in [0.1, 0.15) is 0 Å². The van der Waals surface area contributed by atoms with Gasteiger partial charge in [0.2, 0.25) is 0 Å². The molecule has 0 rings (SSSR count). The summed E-state index contributed by atoms with van der Waals surface area (Å²) in [6, 6.07) is 0. The van der Waals surface area contributed by atoms with Crippen LogP contribution in [-0.2, 0) is 16.5 Å². The topological polar surface area (TPSA) is 31.5 Å². The molecule has 40 valence electrons. The summed E-state index contributed by atoms with van der Waals surface area (Å²) in [5.74, 6) is 0. The van der Waals surface area contributed by atoms with Gasteiger partial charge in [0.05, 0.1) is 0 Å². The van der Waals surface area contributed by atoms with Crippen molar-refractivity contribution in [1.82, 2.24) is 0 Å². The predicted octanol–water partition coefficient (Wildman–Crippen LogP) is 0.131. The minimum Gasteiger partial charge on any atom is -0.412 e. The Hall–Kier alpha value is 0.884. The van der Waals surface area contributed by atoms with Crippen LogP contribution >= 0.6 is 9.90 Å². The molecule has 0 aliphatic rings. The number of hydrogen-bond acceptors (Lipinski definition) is 0. The normalized spacial score (nSPS) is 0. The van der Waals surface area contributed by atoms with Gasteiger partial charge in [-0.1, -0.05) is 0 Å². The molecule has 0 radical (unpaired) electrons. The van der Waals surface area contributed by atoms with Gasteiger partial charge in [-0.05, 0) is 0 Å². The Bertz CT molecular complexity index is 9.61. The third-order valence-corrected chi connectivity index (χ3v) is 0. The first-order valence-corrected chi connectivity index (χ1v) is 0. The van der Waals surface area contributed by atoms with Gasteiger partial charge >= 0.3 is 16.5 Å². The number of hydrogen-bond donors (Lipinski definition) is 0. The molecule has 1 unspecified atom stereocenters. The summed E-state index contributed by atoms with van der Waals surface area (Å²) in [6.07, 6.45) is 0. The fourth-order valence-electron chi connectivity index (χ4n) is 0. The maximum absolute atomic E-state index is 0. The van der Waals surface area contributed by atoms with Crippen molar-refractivity contribution in [1.29, 1.82) is 0 Å². The number of rotatable bonds is 0. The molecular weight excluding hydrogens is 130 g/mol. The van der Waals surface area contributed by atoms with E-state index in [1.54, 1.807) is 0 Å². The zero-order valence-corrected chi connectivity index (χ0v) is 5.93. The zero-order chi connectivity index (χ0) is 0. The van der Waals surface area contributed by atoms with Gasteiger partial charge in [-0.15, -0.1) is 0 Å². The summed E-state index contributed by atoms with van der Waals surface area (Å²) in [5.41, 5.74) is 0. The van der Waals surface area contributed by atoms with Gasteiger partial charge < -0.3 is 20.3 Å². The van der Waals surface area contributed by atoms with Gasteiger partial charge in [-0.25, -0.2) is 0 Å². The molecule has 0 fully saturated rings. The Kier molecular flexibility index (Phi) is 3390. The molecule has 2 N–H and O–H groups in total. The van der Waals surface area contributed by atoms with E-state index in [4.69, 9.17) is 0 Å². The second-order valence-electron chi connectivity index (χ2n) is 0. The van der Waals surface area contributed by atoms with Crippen molar-refractivity contribution in [2.75, 3.05) is 0 Å². The molecule has 0 aromatic carbocycles. The van der Waals surface area contributed by atoms with Crippen LogP contribution < -0.4 is 0 Å². The predicted molar refractivity (Wildman–Crippen MR) is 27.5 cm³/mol. The molecule has 5 heavy (non-hydrogen) atoms. The van der Waals surface area contributed by atoms with Crippen LogP contribution in [0.4, 0.5) is 0 Å². The van der Waals surface area contributed by atoms with Crippen molar-refractivity contribution in [3.63, 3.8) is 0 Å². The summed E-state index contributed by atoms with van der Waals surface area (Å²) in [7, 11) is 0. The molecule has 1 nitrogen and oxygen atoms in total. The second-order valence-corrected chi connectivity index (χ2v) is 0. The zero-order valence-electron chi connectivity index (χ0n) is 3.52. The fraction of sp³-hybridized carbons (Fsp3) is 0. The monoisotopic (exact) mass is 140 g/mol. The van der Waals surface area contributed by atoms with E-state index in [1.807, 2.05) is 0 Å². The minimum absolute atomic E-state index is 0. The third kappa shape index (κ3) is 52.0. The average molecular weight is 141 g/mol. The molecule has 0 amide bonds. The van der Waals surface area contributed by atoms with Crippen molar-refractivity contribution < 1.29 is 22.0 Å². The van der Waals surface area contributed by atoms with Gasteiger partial charge in [0, 0.05) is 0 Å². The first-order chi connectivity index (χ1) is 0. The van der Waals surface area contributed by atoms with Crippen molar-refractivity contribution >= 4 is 9.90 Å². The summed E-state index contributed by atoms with van der Waals surface area (Å²) in [5, 5.41) is 0. The van der Waals surface area contributed by atoms with E-state index in [1.165, 1.54) is 0 Å². The Labute approximate surface area is 47.4 Å². The molecule has 1 atom stereocenters. The van der Waals surface area contributed by atoms with Crippen LogP contribution in [-0.4, -0.2) is 5.48 Å². The molecule has 0 aliphatic heterocycles. The van der Waals surface area contributed by atoms with Crippen LogP contribution in [0.1, 0.15) is 0 Å². The molecule has 0 bridgehead atoms. The van der Waals surface area contributed by atoms with Crippen molar-refractivity contribution in [3.05, 3.63) is 14.9 Å². The Morgan fingerprint density at radius 2 is 0.800 bits per heavy atom. The maximum atomic E-state index is 0.